The zero-order chi connectivity index (χ0) is 16.8. The minimum Gasteiger partial charge on any atom is -0.355 e. The maximum absolute atomic E-state index is 11.9. The van der Waals surface area contributed by atoms with Gasteiger partial charge in [0, 0.05) is 19.2 Å². The minimum atomic E-state index is -3.62. The Bertz CT molecular complexity index is 643. The van der Waals surface area contributed by atoms with Crippen molar-refractivity contribution >= 4 is 33.2 Å². The summed E-state index contributed by atoms with van der Waals surface area (Å²) < 4.78 is 24.9. The number of carbonyl (C=O) groups excluding carboxylic acids is 2. The molecule has 0 unspecified atom stereocenters. The maximum atomic E-state index is 11.9. The largest absolute Gasteiger partial charge is 0.355 e. The van der Waals surface area contributed by atoms with Crippen molar-refractivity contribution in [3.05, 3.63) is 24.3 Å². The minimum absolute atomic E-state index is 0.260. The number of hydrogen-bond acceptors (Lipinski definition) is 4. The van der Waals surface area contributed by atoms with Crippen molar-refractivity contribution in [2.24, 2.45) is 0 Å². The lowest BCUT2D eigenvalue weighted by atomic mass is 10.2. The second kappa shape index (κ2) is 7.79. The van der Waals surface area contributed by atoms with Gasteiger partial charge in [-0.25, -0.2) is 8.42 Å². The second-order valence-electron chi connectivity index (χ2n) is 4.85. The Kier molecular flexibility index (Phi) is 6.36. The molecular weight excluding hydrogens is 306 g/mol. The van der Waals surface area contributed by atoms with E-state index in [0.29, 0.717) is 17.9 Å². The topological polar surface area (TPSA) is 95.6 Å². The van der Waals surface area contributed by atoms with E-state index in [1.54, 1.807) is 18.2 Å². The van der Waals surface area contributed by atoms with Crippen LogP contribution in [0, 0.1) is 0 Å². The summed E-state index contributed by atoms with van der Waals surface area (Å²) in [4.78, 5) is 22.9. The van der Waals surface area contributed by atoms with Gasteiger partial charge < -0.3 is 10.6 Å². The Balaban J connectivity index is 3.02. The molecule has 2 N–H and O–H groups in total. The summed E-state index contributed by atoms with van der Waals surface area (Å²) in [6, 6.07) is 6.33. The molecule has 0 saturated heterocycles. The van der Waals surface area contributed by atoms with E-state index in [-0.39, 0.29) is 18.4 Å². The van der Waals surface area contributed by atoms with Crippen LogP contribution in [0.2, 0.25) is 0 Å². The number of sulfonamides is 1. The van der Waals surface area contributed by atoms with Crippen molar-refractivity contribution in [3.8, 4) is 0 Å². The van der Waals surface area contributed by atoms with E-state index in [1.807, 2.05) is 6.92 Å². The van der Waals surface area contributed by atoms with Gasteiger partial charge in [-0.15, -0.1) is 0 Å². The average molecular weight is 327 g/mol. The summed E-state index contributed by atoms with van der Waals surface area (Å²) in [5.74, 6) is -0.638. The van der Waals surface area contributed by atoms with Gasteiger partial charge in [0.05, 0.1) is 11.9 Å². The molecule has 1 rings (SSSR count). The molecule has 0 aliphatic rings. The molecule has 0 fully saturated rings. The Morgan fingerprint density at radius 1 is 1.27 bits per heavy atom. The third-order valence-corrected chi connectivity index (χ3v) is 3.85. The number of benzene rings is 1. The molecule has 0 radical (unpaired) electrons. The molecule has 7 nitrogen and oxygen atoms in total. The van der Waals surface area contributed by atoms with Crippen molar-refractivity contribution in [2.45, 2.75) is 20.3 Å². The fourth-order valence-corrected chi connectivity index (χ4v) is 2.64. The first-order valence-electron chi connectivity index (χ1n) is 6.86. The molecule has 8 heteroatoms. The van der Waals surface area contributed by atoms with E-state index < -0.39 is 10.0 Å². The van der Waals surface area contributed by atoms with Gasteiger partial charge >= 0.3 is 0 Å². The summed E-state index contributed by atoms with van der Waals surface area (Å²) in [7, 11) is -3.62. The number of rotatable bonds is 7. The van der Waals surface area contributed by atoms with Crippen LogP contribution in [0.5, 0.6) is 0 Å². The first kappa shape index (κ1) is 18.0. The molecule has 122 valence electrons. The Hall–Kier alpha value is -2.09. The van der Waals surface area contributed by atoms with Crippen molar-refractivity contribution in [1.82, 2.24) is 5.32 Å². The van der Waals surface area contributed by atoms with Crippen LogP contribution in [0.25, 0.3) is 0 Å². The molecule has 0 heterocycles. The number of anilines is 2. The van der Waals surface area contributed by atoms with E-state index in [1.165, 1.54) is 13.0 Å². The molecule has 0 bridgehead atoms. The van der Waals surface area contributed by atoms with Crippen LogP contribution >= 0.6 is 0 Å². The van der Waals surface area contributed by atoms with E-state index in [9.17, 15) is 18.0 Å². The Morgan fingerprint density at radius 2 is 1.95 bits per heavy atom. The average Bonchev–Trinajstić information content (AvgIpc) is 2.40. The van der Waals surface area contributed by atoms with E-state index >= 15 is 0 Å². The molecule has 0 saturated carbocycles. The monoisotopic (exact) mass is 327 g/mol. The van der Waals surface area contributed by atoms with Gasteiger partial charge in [0.15, 0.2) is 0 Å². The number of carbonyl (C=O) groups is 2. The highest BCUT2D eigenvalue weighted by atomic mass is 32.2. The van der Waals surface area contributed by atoms with Crippen molar-refractivity contribution in [2.75, 3.05) is 29.0 Å². The standard InChI is InChI=1S/C14H21N3O4S/c1-4-8-15-14(19)10-17(22(3,20)21)13-7-5-6-12(9-13)16-11(2)18/h5-7,9H,4,8,10H2,1-3H3,(H,15,19)(H,16,18). The van der Waals surface area contributed by atoms with Crippen LogP contribution in [0.15, 0.2) is 24.3 Å². The fraction of sp³-hybridized carbons (Fsp3) is 0.429. The van der Waals surface area contributed by atoms with Gasteiger partial charge in [-0.05, 0) is 24.6 Å². The maximum Gasteiger partial charge on any atom is 0.240 e. The third kappa shape index (κ3) is 5.72. The molecule has 0 atom stereocenters. The summed E-state index contributed by atoms with van der Waals surface area (Å²) in [5.41, 5.74) is 0.785. The van der Waals surface area contributed by atoms with Crippen LogP contribution in [-0.4, -0.2) is 39.6 Å². The highest BCUT2D eigenvalue weighted by Gasteiger charge is 2.20. The van der Waals surface area contributed by atoms with Crippen molar-refractivity contribution in [3.63, 3.8) is 0 Å². The van der Waals surface area contributed by atoms with Gasteiger partial charge in [-0.3, -0.25) is 13.9 Å². The van der Waals surface area contributed by atoms with Gasteiger partial charge in [-0.1, -0.05) is 13.0 Å². The summed E-state index contributed by atoms with van der Waals surface area (Å²) >= 11 is 0. The van der Waals surface area contributed by atoms with Crippen molar-refractivity contribution < 1.29 is 18.0 Å². The smallest absolute Gasteiger partial charge is 0.240 e. The van der Waals surface area contributed by atoms with Crippen LogP contribution in [0.3, 0.4) is 0 Å². The highest BCUT2D eigenvalue weighted by Crippen LogP contribution is 2.21. The lowest BCUT2D eigenvalue weighted by molar-refractivity contribution is -0.119. The lowest BCUT2D eigenvalue weighted by Crippen LogP contribution is -2.40. The van der Waals surface area contributed by atoms with Crippen LogP contribution in [-0.2, 0) is 19.6 Å². The Morgan fingerprint density at radius 3 is 2.50 bits per heavy atom. The molecule has 0 aliphatic heterocycles. The third-order valence-electron chi connectivity index (χ3n) is 2.71. The normalized spacial score (nSPS) is 10.9. The predicted molar refractivity (Wildman–Crippen MR) is 86.2 cm³/mol. The zero-order valence-corrected chi connectivity index (χ0v) is 13.7. The van der Waals surface area contributed by atoms with Gasteiger partial charge in [0.1, 0.15) is 6.54 Å². The quantitative estimate of drug-likeness (QED) is 0.779. The molecule has 1 aromatic rings. The first-order valence-corrected chi connectivity index (χ1v) is 8.71. The number of nitrogens with zero attached hydrogens (tertiary/aromatic N) is 1. The van der Waals surface area contributed by atoms with Crippen LogP contribution in [0.1, 0.15) is 20.3 Å². The second-order valence-corrected chi connectivity index (χ2v) is 6.76. The summed E-state index contributed by atoms with van der Waals surface area (Å²) in [5, 5.41) is 5.21. The zero-order valence-electron chi connectivity index (χ0n) is 12.9. The SMILES string of the molecule is CCCNC(=O)CN(c1cccc(NC(C)=O)c1)S(C)(=O)=O. The fourth-order valence-electron chi connectivity index (χ4n) is 1.79. The molecule has 1 aromatic carbocycles. The van der Waals surface area contributed by atoms with E-state index in [2.05, 4.69) is 10.6 Å². The van der Waals surface area contributed by atoms with E-state index in [4.69, 9.17) is 0 Å². The lowest BCUT2D eigenvalue weighted by Gasteiger charge is -2.22. The molecule has 0 spiro atoms. The van der Waals surface area contributed by atoms with Crippen molar-refractivity contribution in [1.29, 1.82) is 0 Å². The van der Waals surface area contributed by atoms with Gasteiger partial charge in [0.25, 0.3) is 0 Å². The molecule has 22 heavy (non-hydrogen) atoms. The summed E-state index contributed by atoms with van der Waals surface area (Å²) in [6.07, 6.45) is 1.80. The molecular formula is C14H21N3O4S. The summed E-state index contributed by atoms with van der Waals surface area (Å²) in [6.45, 7) is 3.45. The van der Waals surface area contributed by atoms with Crippen LogP contribution < -0.4 is 14.9 Å². The first-order chi connectivity index (χ1) is 10.2. The van der Waals surface area contributed by atoms with Gasteiger partial charge in [0.2, 0.25) is 21.8 Å². The van der Waals surface area contributed by atoms with E-state index in [0.717, 1.165) is 17.0 Å². The van der Waals surface area contributed by atoms with Crippen LogP contribution in [0.4, 0.5) is 11.4 Å². The number of nitrogens with one attached hydrogen (secondary N) is 2. The molecule has 0 aromatic heterocycles. The molecule has 0 aliphatic carbocycles. The Labute approximate surface area is 130 Å². The van der Waals surface area contributed by atoms with Gasteiger partial charge in [-0.2, -0.15) is 0 Å². The molecule has 2 amide bonds. The predicted octanol–water partition coefficient (Wildman–Crippen LogP) is 0.937. The number of hydrogen-bond donors (Lipinski definition) is 2. The number of amides is 2. The highest BCUT2D eigenvalue weighted by molar-refractivity contribution is 7.92.